The molecule has 13 nitrogen and oxygen atoms in total. The number of nitrogens with one attached hydrogen (secondary N) is 1. The Morgan fingerprint density at radius 3 is 2.79 bits per heavy atom. The van der Waals surface area contributed by atoms with Gasteiger partial charge in [0.15, 0.2) is 11.3 Å². The highest BCUT2D eigenvalue weighted by atomic mass is 16.6. The van der Waals surface area contributed by atoms with Crippen LogP contribution in [0.15, 0.2) is 49.4 Å². The van der Waals surface area contributed by atoms with Crippen molar-refractivity contribution in [2.24, 2.45) is 0 Å². The molecule has 0 saturated carbocycles. The van der Waals surface area contributed by atoms with E-state index in [0.29, 0.717) is 46.5 Å². The van der Waals surface area contributed by atoms with Crippen molar-refractivity contribution in [2.75, 3.05) is 38.2 Å². The van der Waals surface area contributed by atoms with E-state index in [-0.39, 0.29) is 23.5 Å². The number of piperidine rings is 1. The lowest BCUT2D eigenvalue weighted by Gasteiger charge is -2.32. The number of pyridine rings is 1. The average molecular weight is 530 g/mol. The van der Waals surface area contributed by atoms with Gasteiger partial charge in [-0.2, -0.15) is 5.10 Å². The number of aromatic nitrogens is 5. The fraction of sp³-hybridized carbons (Fsp3) is 0.269. The molecule has 3 amide bonds. The van der Waals surface area contributed by atoms with Gasteiger partial charge in [0.1, 0.15) is 17.9 Å². The Kier molecular flexibility index (Phi) is 6.79. The summed E-state index contributed by atoms with van der Waals surface area (Å²) in [6.07, 6.45) is 5.14. The highest BCUT2D eigenvalue weighted by Crippen LogP contribution is 2.32. The van der Waals surface area contributed by atoms with Gasteiger partial charge < -0.3 is 25.6 Å². The number of fused-ring (bicyclic) bond motifs is 2. The number of likely N-dealkylation sites (tertiary alicyclic amines) is 1. The maximum absolute atomic E-state index is 13.6. The lowest BCUT2D eigenvalue weighted by molar-refractivity contribution is -0.127. The second kappa shape index (κ2) is 10.4. The normalized spacial score (nSPS) is 15.2. The molecule has 5 rings (SSSR count). The lowest BCUT2D eigenvalue weighted by atomic mass is 10.1. The standard InChI is InChI=1S/C26H27N9O4/c1-4-19(36)34-12-6-7-15(13-34)35-24-20(23(27)29-14-30-24)22(32-35)25(37)31-17-9-10-18(39-26(38)33(2)3)16-8-5-11-28-21(16)17/h4-5,8-11,14-15H,1,6-7,12-13H2,2-3H3,(H,31,37)(H2,27,29,30)/t15-/m1/s1. The third-order valence-corrected chi connectivity index (χ3v) is 6.50. The smallest absolute Gasteiger partial charge is 0.409 e. The van der Waals surface area contributed by atoms with Crippen LogP contribution in [0.1, 0.15) is 29.4 Å². The zero-order chi connectivity index (χ0) is 27.7. The molecule has 4 heterocycles. The molecule has 1 saturated heterocycles. The minimum absolute atomic E-state index is 0.0439. The van der Waals surface area contributed by atoms with Crippen molar-refractivity contribution in [3.63, 3.8) is 0 Å². The van der Waals surface area contributed by atoms with E-state index in [1.807, 2.05) is 0 Å². The molecule has 1 atom stereocenters. The molecule has 1 fully saturated rings. The first-order valence-electron chi connectivity index (χ1n) is 12.3. The molecule has 3 N–H and O–H groups in total. The molecule has 1 aliphatic heterocycles. The van der Waals surface area contributed by atoms with E-state index in [1.54, 1.807) is 54.1 Å². The molecule has 200 valence electrons. The van der Waals surface area contributed by atoms with Crippen molar-refractivity contribution >= 4 is 51.3 Å². The zero-order valence-corrected chi connectivity index (χ0v) is 21.5. The highest BCUT2D eigenvalue weighted by Gasteiger charge is 2.29. The number of hydrogen-bond acceptors (Lipinski definition) is 9. The highest BCUT2D eigenvalue weighted by molar-refractivity contribution is 6.15. The van der Waals surface area contributed by atoms with Crippen LogP contribution in [-0.2, 0) is 4.79 Å². The van der Waals surface area contributed by atoms with Gasteiger partial charge in [-0.25, -0.2) is 19.4 Å². The van der Waals surface area contributed by atoms with E-state index in [4.69, 9.17) is 10.5 Å². The second-order valence-corrected chi connectivity index (χ2v) is 9.26. The number of hydrogen-bond donors (Lipinski definition) is 2. The Labute approximate surface area is 223 Å². The van der Waals surface area contributed by atoms with E-state index in [2.05, 4.69) is 31.9 Å². The van der Waals surface area contributed by atoms with Crippen molar-refractivity contribution in [1.82, 2.24) is 34.5 Å². The number of benzene rings is 1. The number of amides is 3. The van der Waals surface area contributed by atoms with Crippen LogP contribution in [0.5, 0.6) is 5.75 Å². The van der Waals surface area contributed by atoms with E-state index in [1.165, 1.54) is 17.3 Å². The van der Waals surface area contributed by atoms with Gasteiger partial charge in [-0.1, -0.05) is 6.58 Å². The quantitative estimate of drug-likeness (QED) is 0.370. The molecular formula is C26H27N9O4. The number of rotatable bonds is 5. The second-order valence-electron chi connectivity index (χ2n) is 9.26. The van der Waals surface area contributed by atoms with Gasteiger partial charge in [-0.15, -0.1) is 0 Å². The molecule has 1 aromatic carbocycles. The van der Waals surface area contributed by atoms with Gasteiger partial charge in [0, 0.05) is 38.8 Å². The Hall–Kier alpha value is -5.07. The number of nitrogens with two attached hydrogens (primary N) is 1. The molecule has 0 aliphatic carbocycles. The van der Waals surface area contributed by atoms with Gasteiger partial charge in [-0.05, 0) is 43.2 Å². The van der Waals surface area contributed by atoms with E-state index >= 15 is 0 Å². The number of carbonyl (C=O) groups excluding carboxylic acids is 3. The monoisotopic (exact) mass is 529 g/mol. The predicted octanol–water partition coefficient (Wildman–Crippen LogP) is 2.62. The van der Waals surface area contributed by atoms with Gasteiger partial charge in [0.25, 0.3) is 5.91 Å². The summed E-state index contributed by atoms with van der Waals surface area (Å²) in [5.74, 6) is -0.291. The topological polar surface area (TPSA) is 161 Å². The van der Waals surface area contributed by atoms with Crippen LogP contribution < -0.4 is 15.8 Å². The summed E-state index contributed by atoms with van der Waals surface area (Å²) in [6.45, 7) is 4.59. The fourth-order valence-electron chi connectivity index (χ4n) is 4.60. The lowest BCUT2D eigenvalue weighted by Crippen LogP contribution is -2.40. The molecule has 39 heavy (non-hydrogen) atoms. The Balaban J connectivity index is 1.51. The first-order chi connectivity index (χ1) is 18.8. The molecule has 0 radical (unpaired) electrons. The van der Waals surface area contributed by atoms with Gasteiger partial charge in [-0.3, -0.25) is 14.6 Å². The average Bonchev–Trinajstić information content (AvgIpc) is 3.35. The summed E-state index contributed by atoms with van der Waals surface area (Å²) in [7, 11) is 3.16. The SMILES string of the molecule is C=CC(=O)N1CCC[C@@H](n2nc(C(=O)Nc3ccc(OC(=O)N(C)C)c4cccnc34)c3c(N)ncnc32)C1. The summed E-state index contributed by atoms with van der Waals surface area (Å²) < 4.78 is 7.11. The Bertz CT molecular complexity index is 1610. The maximum Gasteiger partial charge on any atom is 0.414 e. The van der Waals surface area contributed by atoms with Crippen LogP contribution in [0.25, 0.3) is 21.9 Å². The van der Waals surface area contributed by atoms with Crippen LogP contribution in [-0.4, -0.2) is 79.6 Å². The fourth-order valence-corrected chi connectivity index (χ4v) is 4.60. The van der Waals surface area contributed by atoms with E-state index in [0.717, 1.165) is 12.8 Å². The number of anilines is 2. The predicted molar refractivity (Wildman–Crippen MR) is 144 cm³/mol. The molecule has 4 aromatic rings. The zero-order valence-electron chi connectivity index (χ0n) is 21.5. The van der Waals surface area contributed by atoms with Crippen molar-refractivity contribution in [3.8, 4) is 5.75 Å². The number of carbonyl (C=O) groups is 3. The third kappa shape index (κ3) is 4.81. The molecule has 0 spiro atoms. The molecule has 0 bridgehead atoms. The Morgan fingerprint density at radius 1 is 1.21 bits per heavy atom. The number of nitrogens with zero attached hydrogens (tertiary/aromatic N) is 7. The van der Waals surface area contributed by atoms with E-state index < -0.39 is 12.0 Å². The largest absolute Gasteiger partial charge is 0.414 e. The molecule has 3 aromatic heterocycles. The molecule has 1 aliphatic rings. The van der Waals surface area contributed by atoms with Crippen LogP contribution in [0.4, 0.5) is 16.3 Å². The summed E-state index contributed by atoms with van der Waals surface area (Å²) in [4.78, 5) is 53.8. The number of ether oxygens (including phenoxy) is 1. The van der Waals surface area contributed by atoms with E-state index in [9.17, 15) is 14.4 Å². The van der Waals surface area contributed by atoms with Crippen LogP contribution >= 0.6 is 0 Å². The maximum atomic E-state index is 13.6. The summed E-state index contributed by atoms with van der Waals surface area (Å²) in [5.41, 5.74) is 7.44. The summed E-state index contributed by atoms with van der Waals surface area (Å²) in [5, 5.41) is 8.32. The number of nitrogen functional groups attached to an aromatic ring is 1. The third-order valence-electron chi connectivity index (χ3n) is 6.50. The summed E-state index contributed by atoms with van der Waals surface area (Å²) in [6, 6.07) is 6.42. The van der Waals surface area contributed by atoms with Gasteiger partial charge in [0.2, 0.25) is 5.91 Å². The van der Waals surface area contributed by atoms with Crippen molar-refractivity contribution in [3.05, 3.63) is 55.1 Å². The molecule has 0 unspecified atom stereocenters. The van der Waals surface area contributed by atoms with Gasteiger partial charge >= 0.3 is 6.09 Å². The molecule has 13 heteroatoms. The van der Waals surface area contributed by atoms with Gasteiger partial charge in [0.05, 0.1) is 22.6 Å². The van der Waals surface area contributed by atoms with Crippen LogP contribution in [0.3, 0.4) is 0 Å². The van der Waals surface area contributed by atoms with Crippen LogP contribution in [0, 0.1) is 0 Å². The summed E-state index contributed by atoms with van der Waals surface area (Å²) >= 11 is 0. The Morgan fingerprint density at radius 2 is 2.03 bits per heavy atom. The van der Waals surface area contributed by atoms with Crippen molar-refractivity contribution in [1.29, 1.82) is 0 Å². The molecular weight excluding hydrogens is 502 g/mol. The minimum Gasteiger partial charge on any atom is -0.409 e. The van der Waals surface area contributed by atoms with Crippen molar-refractivity contribution in [2.45, 2.75) is 18.9 Å². The first-order valence-corrected chi connectivity index (χ1v) is 12.3. The van der Waals surface area contributed by atoms with Crippen molar-refractivity contribution < 1.29 is 19.1 Å². The first kappa shape index (κ1) is 25.6. The minimum atomic E-state index is -0.542. The van der Waals surface area contributed by atoms with Crippen LogP contribution in [0.2, 0.25) is 0 Å².